The van der Waals surface area contributed by atoms with Crippen molar-refractivity contribution in [2.24, 2.45) is 5.41 Å². The van der Waals surface area contributed by atoms with E-state index in [1.165, 1.54) is 11.1 Å². The highest BCUT2D eigenvalue weighted by Crippen LogP contribution is 2.62. The summed E-state index contributed by atoms with van der Waals surface area (Å²) in [6.45, 7) is 4.62. The SMILES string of the molecule is C.CC1(C)C=C2C=CC21c1ccccc1.[N-]=C=O.[N-]=C=O. The number of hydrogen-bond donors (Lipinski definition) is 0. The van der Waals surface area contributed by atoms with Gasteiger partial charge in [0.05, 0.1) is 0 Å². The molecule has 3 rings (SSSR count). The molecule has 0 spiro atoms. The van der Waals surface area contributed by atoms with Crippen LogP contribution in [0.5, 0.6) is 0 Å². The first-order chi connectivity index (χ1) is 9.50. The van der Waals surface area contributed by atoms with Gasteiger partial charge in [0.15, 0.2) is 0 Å². The Morgan fingerprint density at radius 1 is 1.00 bits per heavy atom. The van der Waals surface area contributed by atoms with Crippen LogP contribution in [0.2, 0.25) is 0 Å². The van der Waals surface area contributed by atoms with Gasteiger partial charge >= 0.3 is 0 Å². The Labute approximate surface area is 125 Å². The Kier molecular flexibility index (Phi) is 6.42. The molecule has 0 amide bonds. The van der Waals surface area contributed by atoms with E-state index in [1.54, 1.807) is 0 Å². The van der Waals surface area contributed by atoms with Crippen molar-refractivity contribution in [3.63, 3.8) is 0 Å². The van der Waals surface area contributed by atoms with Crippen molar-refractivity contribution in [3.05, 3.63) is 70.5 Å². The number of benzene rings is 1. The number of fused-ring (bicyclic) bond motifs is 1. The summed E-state index contributed by atoms with van der Waals surface area (Å²) < 4.78 is 0. The molecule has 0 N–H and O–H groups in total. The minimum Gasteiger partial charge on any atom is -0.724 e. The van der Waals surface area contributed by atoms with Gasteiger partial charge < -0.3 is 10.8 Å². The monoisotopic (exact) mass is 282 g/mol. The first-order valence-corrected chi connectivity index (χ1v) is 6.00. The molecule has 21 heavy (non-hydrogen) atoms. The average molecular weight is 282 g/mol. The van der Waals surface area contributed by atoms with Crippen LogP contribution in [-0.4, -0.2) is 12.2 Å². The third-order valence-corrected chi connectivity index (χ3v) is 3.73. The van der Waals surface area contributed by atoms with E-state index in [4.69, 9.17) is 20.4 Å². The van der Waals surface area contributed by atoms with Crippen LogP contribution in [0.1, 0.15) is 26.8 Å². The zero-order valence-electron chi connectivity index (χ0n) is 11.3. The van der Waals surface area contributed by atoms with Crippen LogP contribution in [0, 0.1) is 5.41 Å². The van der Waals surface area contributed by atoms with Gasteiger partial charge in [0.1, 0.15) is 0 Å². The zero-order chi connectivity index (χ0) is 15.2. The molecule has 0 bridgehead atoms. The molecular formula is C17H18N2O2-2. The lowest BCUT2D eigenvalue weighted by Crippen LogP contribution is -2.52. The van der Waals surface area contributed by atoms with Crippen molar-refractivity contribution in [1.82, 2.24) is 0 Å². The molecule has 0 aliphatic heterocycles. The Hall–Kier alpha value is -2.54. The largest absolute Gasteiger partial charge is 0.724 e. The van der Waals surface area contributed by atoms with Gasteiger partial charge in [0.2, 0.25) is 0 Å². The van der Waals surface area contributed by atoms with Crippen LogP contribution in [-0.2, 0) is 15.0 Å². The third kappa shape index (κ3) is 2.97. The maximum absolute atomic E-state index is 8.24. The molecule has 2 aliphatic rings. The summed E-state index contributed by atoms with van der Waals surface area (Å²) in [5.41, 5.74) is 3.45. The number of carbonyl (C=O) groups excluding carboxylic acids is 2. The highest BCUT2D eigenvalue weighted by atomic mass is 16.1. The highest BCUT2D eigenvalue weighted by molar-refractivity contribution is 5.65. The fourth-order valence-corrected chi connectivity index (χ4v) is 2.86. The normalized spacial score (nSPS) is 21.5. The molecule has 0 radical (unpaired) electrons. The first-order valence-electron chi connectivity index (χ1n) is 6.00. The predicted molar refractivity (Wildman–Crippen MR) is 84.0 cm³/mol. The Bertz CT molecular complexity index is 591. The lowest BCUT2D eigenvalue weighted by atomic mass is 9.45. The van der Waals surface area contributed by atoms with Crippen LogP contribution in [0.15, 0.2) is 54.1 Å². The third-order valence-electron chi connectivity index (χ3n) is 3.73. The van der Waals surface area contributed by atoms with Crippen LogP contribution in [0.4, 0.5) is 0 Å². The van der Waals surface area contributed by atoms with Gasteiger partial charge in [-0.1, -0.05) is 69.8 Å². The minimum atomic E-state index is 0. The van der Waals surface area contributed by atoms with E-state index in [-0.39, 0.29) is 12.8 Å². The summed E-state index contributed by atoms with van der Waals surface area (Å²) in [6.07, 6.45) is 7.95. The average Bonchev–Trinajstić information content (AvgIpc) is 2.38. The van der Waals surface area contributed by atoms with E-state index in [9.17, 15) is 0 Å². The van der Waals surface area contributed by atoms with Crippen molar-refractivity contribution < 1.29 is 9.59 Å². The number of rotatable bonds is 1. The molecule has 0 fully saturated rings. The lowest BCUT2D eigenvalue weighted by molar-refractivity contribution is 0.260. The summed E-state index contributed by atoms with van der Waals surface area (Å²) in [7, 11) is 0. The van der Waals surface area contributed by atoms with Gasteiger partial charge in [0.25, 0.3) is 0 Å². The number of isocyanates is 2. The Balaban J connectivity index is 0.000000502. The fraction of sp³-hybridized carbons (Fsp3) is 0.294. The zero-order valence-corrected chi connectivity index (χ0v) is 11.3. The second kappa shape index (κ2) is 7.30. The molecule has 1 aromatic rings. The van der Waals surface area contributed by atoms with Crippen molar-refractivity contribution >= 4 is 12.2 Å². The lowest BCUT2D eigenvalue weighted by Gasteiger charge is -2.57. The predicted octanol–water partition coefficient (Wildman–Crippen LogP) is 3.88. The number of hydrogen-bond acceptors (Lipinski definition) is 2. The molecule has 4 nitrogen and oxygen atoms in total. The van der Waals surface area contributed by atoms with Gasteiger partial charge in [-0.25, -0.2) is 0 Å². The molecule has 1 atom stereocenters. The number of allylic oxidation sites excluding steroid dienone is 4. The Morgan fingerprint density at radius 2 is 1.48 bits per heavy atom. The van der Waals surface area contributed by atoms with Crippen molar-refractivity contribution in [1.29, 1.82) is 0 Å². The molecule has 0 saturated heterocycles. The van der Waals surface area contributed by atoms with Crippen LogP contribution >= 0.6 is 0 Å². The molecular weight excluding hydrogens is 264 g/mol. The molecule has 0 heterocycles. The van der Waals surface area contributed by atoms with Crippen molar-refractivity contribution in [2.45, 2.75) is 26.7 Å². The second-order valence-electron chi connectivity index (χ2n) is 5.01. The Morgan fingerprint density at radius 3 is 1.76 bits per heavy atom. The van der Waals surface area contributed by atoms with Gasteiger partial charge in [0, 0.05) is 10.8 Å². The summed E-state index contributed by atoms with van der Waals surface area (Å²) in [6, 6.07) is 10.8. The molecule has 0 saturated carbocycles. The van der Waals surface area contributed by atoms with E-state index in [2.05, 4.69) is 62.4 Å². The fourth-order valence-electron chi connectivity index (χ4n) is 2.86. The van der Waals surface area contributed by atoms with E-state index in [1.807, 2.05) is 0 Å². The van der Waals surface area contributed by atoms with Gasteiger partial charge in [-0.15, -0.1) is 0 Å². The van der Waals surface area contributed by atoms with E-state index in [0.29, 0.717) is 17.6 Å². The standard InChI is InChI=1S/C14H14.2CNO.CH4/c1-13(2)10-12-8-9-14(12,13)11-6-4-3-5-7-11;2*2-1-3;/h3-10H,1-2H3;;;1H4/q;2*-1;. The number of nitrogens with zero attached hydrogens (tertiary/aromatic N) is 2. The maximum atomic E-state index is 8.24. The topological polar surface area (TPSA) is 78.7 Å². The van der Waals surface area contributed by atoms with Gasteiger partial charge in [-0.2, -0.15) is 0 Å². The summed E-state index contributed by atoms with van der Waals surface area (Å²) in [5, 5.41) is 13.5. The quantitative estimate of drug-likeness (QED) is 0.578. The molecule has 110 valence electrons. The smallest absolute Gasteiger partial charge is 0.0467 e. The van der Waals surface area contributed by atoms with E-state index in [0.717, 1.165) is 0 Å². The second-order valence-corrected chi connectivity index (χ2v) is 5.01. The summed E-state index contributed by atoms with van der Waals surface area (Å²) in [4.78, 5) is 16.5. The molecule has 1 unspecified atom stereocenters. The minimum absolute atomic E-state index is 0. The highest BCUT2D eigenvalue weighted by Gasteiger charge is 2.56. The maximum Gasteiger partial charge on any atom is 0.0467 e. The van der Waals surface area contributed by atoms with E-state index >= 15 is 0 Å². The van der Waals surface area contributed by atoms with Crippen molar-refractivity contribution in [3.8, 4) is 0 Å². The molecule has 2 aliphatic carbocycles. The summed E-state index contributed by atoms with van der Waals surface area (Å²) in [5.74, 6) is 0. The summed E-state index contributed by atoms with van der Waals surface area (Å²) >= 11 is 0. The molecule has 1 aromatic carbocycles. The van der Waals surface area contributed by atoms with Gasteiger partial charge in [-0.3, -0.25) is 9.59 Å². The van der Waals surface area contributed by atoms with E-state index < -0.39 is 0 Å². The molecule has 4 heteroatoms. The molecule has 0 aromatic heterocycles. The van der Waals surface area contributed by atoms with Crippen LogP contribution in [0.25, 0.3) is 10.8 Å². The van der Waals surface area contributed by atoms with Crippen LogP contribution < -0.4 is 0 Å². The van der Waals surface area contributed by atoms with Crippen molar-refractivity contribution in [2.75, 3.05) is 0 Å². The first kappa shape index (κ1) is 18.5. The van der Waals surface area contributed by atoms with Crippen LogP contribution in [0.3, 0.4) is 0 Å². The van der Waals surface area contributed by atoms with Gasteiger partial charge in [-0.05, 0) is 23.3 Å².